The minimum absolute atomic E-state index is 0.0886. The smallest absolute Gasteiger partial charge is 0.315 e. The molecule has 134 valence electrons. The van der Waals surface area contributed by atoms with Crippen LogP contribution in [0.25, 0.3) is 0 Å². The maximum Gasteiger partial charge on any atom is 0.315 e. The van der Waals surface area contributed by atoms with Crippen LogP contribution in [0.3, 0.4) is 0 Å². The van der Waals surface area contributed by atoms with E-state index in [0.29, 0.717) is 6.54 Å². The van der Waals surface area contributed by atoms with Gasteiger partial charge in [0.1, 0.15) is 5.82 Å². The molecule has 0 bridgehead atoms. The molecule has 1 saturated heterocycles. The third-order valence-electron chi connectivity index (χ3n) is 4.73. The molecule has 0 aliphatic carbocycles. The van der Waals surface area contributed by atoms with Crippen LogP contribution in [0.5, 0.6) is 0 Å². The molecular weight excluding hydrogens is 321 g/mol. The first-order chi connectivity index (χ1) is 12.0. The maximum absolute atomic E-state index is 13.6. The van der Waals surface area contributed by atoms with Gasteiger partial charge < -0.3 is 16.0 Å². The molecule has 2 heterocycles. The van der Waals surface area contributed by atoms with Gasteiger partial charge in [-0.15, -0.1) is 0 Å². The van der Waals surface area contributed by atoms with Crippen molar-refractivity contribution in [2.24, 2.45) is 7.05 Å². The molecule has 1 fully saturated rings. The zero-order valence-corrected chi connectivity index (χ0v) is 14.5. The van der Waals surface area contributed by atoms with Gasteiger partial charge in [0.2, 0.25) is 0 Å². The summed E-state index contributed by atoms with van der Waals surface area (Å²) in [6.45, 7) is 3.43. The highest BCUT2D eigenvalue weighted by Crippen LogP contribution is 2.26. The predicted octanol–water partition coefficient (Wildman–Crippen LogP) is 2.07. The Bertz CT molecular complexity index is 732. The summed E-state index contributed by atoms with van der Waals surface area (Å²) < 4.78 is 15.3. The van der Waals surface area contributed by atoms with Crippen LogP contribution >= 0.6 is 0 Å². The minimum atomic E-state index is -0.246. The van der Waals surface area contributed by atoms with Gasteiger partial charge in [0, 0.05) is 31.7 Å². The van der Waals surface area contributed by atoms with E-state index in [2.05, 4.69) is 21.0 Å². The standard InChI is InChI=1S/C18H24FN5O/c1-12(17-7-9-21-24(17)2)22-18(25)23-16-11-20-8-6-15(16)13-4-3-5-14(19)10-13/h3-5,7,9-10,12,15-16,20H,6,8,11H2,1-2H3,(H2,22,23,25)/t12?,15-,16-/m1/s1. The van der Waals surface area contributed by atoms with Crippen LogP contribution in [0.2, 0.25) is 0 Å². The van der Waals surface area contributed by atoms with Crippen molar-refractivity contribution in [3.05, 3.63) is 53.6 Å². The fourth-order valence-corrected chi connectivity index (χ4v) is 3.44. The Morgan fingerprint density at radius 2 is 2.28 bits per heavy atom. The van der Waals surface area contributed by atoms with E-state index in [4.69, 9.17) is 0 Å². The van der Waals surface area contributed by atoms with E-state index in [-0.39, 0.29) is 29.8 Å². The second-order valence-electron chi connectivity index (χ2n) is 6.48. The first-order valence-corrected chi connectivity index (χ1v) is 8.55. The molecule has 0 spiro atoms. The molecule has 0 saturated carbocycles. The normalized spacial score (nSPS) is 21.6. The van der Waals surface area contributed by atoms with Crippen molar-refractivity contribution in [2.45, 2.75) is 31.3 Å². The lowest BCUT2D eigenvalue weighted by Gasteiger charge is -2.33. The molecule has 3 rings (SSSR count). The summed E-state index contributed by atoms with van der Waals surface area (Å²) in [7, 11) is 1.84. The van der Waals surface area contributed by atoms with Crippen molar-refractivity contribution in [1.82, 2.24) is 25.7 Å². The second-order valence-corrected chi connectivity index (χ2v) is 6.48. The van der Waals surface area contributed by atoms with E-state index in [0.717, 1.165) is 24.2 Å². The van der Waals surface area contributed by atoms with Gasteiger partial charge in [0.05, 0.1) is 11.7 Å². The Hall–Kier alpha value is -2.41. The monoisotopic (exact) mass is 345 g/mol. The van der Waals surface area contributed by atoms with Crippen LogP contribution < -0.4 is 16.0 Å². The number of carbonyl (C=O) groups excluding carboxylic acids is 1. The molecule has 7 heteroatoms. The van der Waals surface area contributed by atoms with Crippen molar-refractivity contribution in [1.29, 1.82) is 0 Å². The first kappa shape index (κ1) is 17.4. The lowest BCUT2D eigenvalue weighted by molar-refractivity contribution is 0.227. The average Bonchev–Trinajstić information content (AvgIpc) is 3.01. The fourth-order valence-electron chi connectivity index (χ4n) is 3.44. The summed E-state index contributed by atoms with van der Waals surface area (Å²) in [6.07, 6.45) is 2.56. The predicted molar refractivity (Wildman–Crippen MR) is 93.7 cm³/mol. The van der Waals surface area contributed by atoms with Crippen LogP contribution in [-0.4, -0.2) is 34.9 Å². The number of urea groups is 1. The fraction of sp³-hybridized carbons (Fsp3) is 0.444. The Labute approximate surface area is 146 Å². The van der Waals surface area contributed by atoms with Crippen molar-refractivity contribution in [3.63, 3.8) is 0 Å². The van der Waals surface area contributed by atoms with Crippen molar-refractivity contribution < 1.29 is 9.18 Å². The maximum atomic E-state index is 13.6. The number of aryl methyl sites for hydroxylation is 1. The number of nitrogens with zero attached hydrogens (tertiary/aromatic N) is 2. The molecule has 1 aromatic carbocycles. The van der Waals surface area contributed by atoms with Crippen LogP contribution in [-0.2, 0) is 7.05 Å². The first-order valence-electron chi connectivity index (χ1n) is 8.55. The van der Waals surface area contributed by atoms with E-state index >= 15 is 0 Å². The number of hydrogen-bond acceptors (Lipinski definition) is 3. The molecule has 3 N–H and O–H groups in total. The average molecular weight is 345 g/mol. The molecule has 6 nitrogen and oxygen atoms in total. The van der Waals surface area contributed by atoms with Crippen LogP contribution in [0.4, 0.5) is 9.18 Å². The molecular formula is C18H24FN5O. The Kier molecular flexibility index (Phi) is 5.33. The lowest BCUT2D eigenvalue weighted by atomic mass is 9.86. The van der Waals surface area contributed by atoms with Gasteiger partial charge in [-0.3, -0.25) is 4.68 Å². The summed E-state index contributed by atoms with van der Waals surface area (Å²) in [5.74, 6) is -0.154. The van der Waals surface area contributed by atoms with Gasteiger partial charge in [-0.2, -0.15) is 5.10 Å². The number of carbonyl (C=O) groups is 1. The second kappa shape index (κ2) is 7.65. The number of rotatable bonds is 4. The SMILES string of the molecule is CC(NC(=O)N[C@@H]1CNCC[C@@H]1c1cccc(F)c1)c1ccnn1C. The molecule has 1 aromatic heterocycles. The molecule has 2 amide bonds. The van der Waals surface area contributed by atoms with E-state index in [1.54, 1.807) is 23.0 Å². The third-order valence-corrected chi connectivity index (χ3v) is 4.73. The Morgan fingerprint density at radius 3 is 3.00 bits per heavy atom. The van der Waals surface area contributed by atoms with Crippen LogP contribution in [0.1, 0.15) is 36.6 Å². The summed E-state index contributed by atoms with van der Waals surface area (Å²) in [5.41, 5.74) is 1.85. The number of amides is 2. The van der Waals surface area contributed by atoms with Gasteiger partial charge in [0.25, 0.3) is 0 Å². The molecule has 2 aromatic rings. The number of hydrogen-bond donors (Lipinski definition) is 3. The van der Waals surface area contributed by atoms with E-state index in [1.165, 1.54) is 6.07 Å². The molecule has 1 unspecified atom stereocenters. The lowest BCUT2D eigenvalue weighted by Crippen LogP contribution is -2.53. The summed E-state index contributed by atoms with van der Waals surface area (Å²) in [4.78, 5) is 12.4. The highest BCUT2D eigenvalue weighted by molar-refractivity contribution is 5.74. The largest absolute Gasteiger partial charge is 0.334 e. The number of halogens is 1. The molecule has 0 radical (unpaired) electrons. The molecule has 1 aliphatic heterocycles. The number of aromatic nitrogens is 2. The summed E-state index contributed by atoms with van der Waals surface area (Å²) in [5, 5.41) is 13.4. The van der Waals surface area contributed by atoms with Gasteiger partial charge >= 0.3 is 6.03 Å². The Balaban J connectivity index is 1.65. The zero-order valence-electron chi connectivity index (χ0n) is 14.5. The van der Waals surface area contributed by atoms with Gasteiger partial charge in [-0.1, -0.05) is 12.1 Å². The minimum Gasteiger partial charge on any atom is -0.334 e. The molecule has 3 atom stereocenters. The van der Waals surface area contributed by atoms with E-state index in [9.17, 15) is 9.18 Å². The summed E-state index contributed by atoms with van der Waals surface area (Å²) in [6, 6.07) is 8.03. The van der Waals surface area contributed by atoms with Crippen LogP contribution in [0, 0.1) is 5.82 Å². The zero-order chi connectivity index (χ0) is 17.8. The number of piperidine rings is 1. The van der Waals surface area contributed by atoms with Crippen molar-refractivity contribution in [2.75, 3.05) is 13.1 Å². The Morgan fingerprint density at radius 1 is 1.44 bits per heavy atom. The van der Waals surface area contributed by atoms with Gasteiger partial charge in [-0.25, -0.2) is 9.18 Å². The number of benzene rings is 1. The third kappa shape index (κ3) is 4.17. The van der Waals surface area contributed by atoms with E-state index in [1.807, 2.05) is 26.1 Å². The highest BCUT2D eigenvalue weighted by atomic mass is 19.1. The summed E-state index contributed by atoms with van der Waals surface area (Å²) >= 11 is 0. The molecule has 1 aliphatic rings. The molecule has 25 heavy (non-hydrogen) atoms. The van der Waals surface area contributed by atoms with E-state index < -0.39 is 0 Å². The van der Waals surface area contributed by atoms with Gasteiger partial charge in [-0.05, 0) is 43.7 Å². The van der Waals surface area contributed by atoms with Crippen molar-refractivity contribution in [3.8, 4) is 0 Å². The highest BCUT2D eigenvalue weighted by Gasteiger charge is 2.28. The topological polar surface area (TPSA) is 71.0 Å². The number of nitrogens with one attached hydrogen (secondary N) is 3. The van der Waals surface area contributed by atoms with Gasteiger partial charge in [0.15, 0.2) is 0 Å². The quantitative estimate of drug-likeness (QED) is 0.794. The van der Waals surface area contributed by atoms with Crippen molar-refractivity contribution >= 4 is 6.03 Å². The van der Waals surface area contributed by atoms with Crippen LogP contribution in [0.15, 0.2) is 36.5 Å².